The molecular weight excluding hydrogens is 322 g/mol. The predicted octanol–water partition coefficient (Wildman–Crippen LogP) is 4.07. The molecule has 0 amide bonds. The summed E-state index contributed by atoms with van der Waals surface area (Å²) in [4.78, 5) is 0. The van der Waals surface area contributed by atoms with Gasteiger partial charge < -0.3 is 0 Å². The average Bonchev–Trinajstić information content (AvgIpc) is 3.09. The maximum Gasteiger partial charge on any atom is 0.176 e. The highest BCUT2D eigenvalue weighted by Crippen LogP contribution is 2.26. The molecule has 1 aliphatic heterocycles. The minimum atomic E-state index is -0.323. The Morgan fingerprint density at radius 2 is 1.24 bits per heavy atom. The van der Waals surface area contributed by atoms with Crippen molar-refractivity contribution in [2.45, 2.75) is 0 Å². The Labute approximate surface area is 143 Å². The van der Waals surface area contributed by atoms with Gasteiger partial charge in [-0.3, -0.25) is 5.43 Å². The zero-order chi connectivity index (χ0) is 17.2. The molecule has 1 aliphatic rings. The van der Waals surface area contributed by atoms with Gasteiger partial charge in [0.15, 0.2) is 5.84 Å². The maximum atomic E-state index is 13.3. The van der Waals surface area contributed by atoms with Crippen molar-refractivity contribution in [2.24, 2.45) is 5.10 Å². The van der Waals surface area contributed by atoms with Gasteiger partial charge in [-0.15, -0.1) is 5.10 Å². The van der Waals surface area contributed by atoms with Gasteiger partial charge in [-0.2, -0.15) is 10.2 Å². The summed E-state index contributed by atoms with van der Waals surface area (Å²) in [5.74, 6) is -0.00812. The van der Waals surface area contributed by atoms with Crippen LogP contribution in [0, 0.1) is 11.6 Å². The van der Waals surface area contributed by atoms with Crippen LogP contribution in [0.15, 0.2) is 84.0 Å². The normalized spacial score (nSPS) is 13.6. The number of halogens is 2. The molecule has 0 unspecified atom stereocenters. The molecule has 0 aromatic heterocycles. The Kier molecular flexibility index (Phi) is 3.78. The van der Waals surface area contributed by atoms with E-state index in [1.165, 1.54) is 24.3 Å². The number of amidine groups is 1. The monoisotopic (exact) mass is 336 g/mol. The molecule has 25 heavy (non-hydrogen) atoms. The second-order valence-electron chi connectivity index (χ2n) is 5.48. The predicted molar refractivity (Wildman–Crippen MR) is 93.9 cm³/mol. The van der Waals surface area contributed by atoms with E-state index in [4.69, 9.17) is 0 Å². The molecule has 0 atom stereocenters. The quantitative estimate of drug-likeness (QED) is 0.782. The number of anilines is 2. The lowest BCUT2D eigenvalue weighted by molar-refractivity contribution is 0.625. The van der Waals surface area contributed by atoms with Crippen molar-refractivity contribution < 1.29 is 8.78 Å². The van der Waals surface area contributed by atoms with Crippen LogP contribution in [-0.2, 0) is 0 Å². The van der Waals surface area contributed by atoms with E-state index in [2.05, 4.69) is 10.5 Å². The zero-order valence-corrected chi connectivity index (χ0v) is 13.1. The number of nitrogens with zero attached hydrogens (tertiary/aromatic N) is 3. The van der Waals surface area contributed by atoms with Crippen molar-refractivity contribution in [1.82, 2.24) is 5.43 Å². The van der Waals surface area contributed by atoms with Crippen LogP contribution in [-0.4, -0.2) is 5.84 Å². The fourth-order valence-corrected chi connectivity index (χ4v) is 2.53. The lowest BCUT2D eigenvalue weighted by Crippen LogP contribution is -2.44. The third kappa shape index (κ3) is 3.01. The summed E-state index contributed by atoms with van der Waals surface area (Å²) in [5, 5.41) is 7.87. The van der Waals surface area contributed by atoms with Crippen molar-refractivity contribution in [2.75, 3.05) is 10.2 Å². The van der Waals surface area contributed by atoms with Gasteiger partial charge >= 0.3 is 0 Å². The van der Waals surface area contributed by atoms with Crippen molar-refractivity contribution in [1.29, 1.82) is 0 Å². The Morgan fingerprint density at radius 3 is 1.84 bits per heavy atom. The second kappa shape index (κ2) is 6.24. The van der Waals surface area contributed by atoms with Crippen molar-refractivity contribution in [3.63, 3.8) is 0 Å². The van der Waals surface area contributed by atoms with Gasteiger partial charge in [0.05, 0.1) is 11.4 Å². The maximum absolute atomic E-state index is 13.3. The van der Waals surface area contributed by atoms with Crippen LogP contribution in [0.3, 0.4) is 0 Å². The first-order valence-corrected chi connectivity index (χ1v) is 7.73. The largest absolute Gasteiger partial charge is 0.259 e. The number of nitrogens with one attached hydrogen (secondary N) is 1. The molecule has 6 heteroatoms. The molecule has 0 spiro atoms. The van der Waals surface area contributed by atoms with Gasteiger partial charge in [0, 0.05) is 5.56 Å². The van der Waals surface area contributed by atoms with Crippen LogP contribution < -0.4 is 15.7 Å². The van der Waals surface area contributed by atoms with Crippen molar-refractivity contribution in [3.05, 3.63) is 96.1 Å². The molecule has 3 aromatic carbocycles. The van der Waals surface area contributed by atoms with Crippen LogP contribution in [0.4, 0.5) is 20.2 Å². The Morgan fingerprint density at radius 1 is 0.680 bits per heavy atom. The topological polar surface area (TPSA) is 30.9 Å². The highest BCUT2D eigenvalue weighted by molar-refractivity contribution is 6.02. The molecule has 1 N–H and O–H groups in total. The number of hydrazone groups is 1. The molecular formula is C19H14F2N4. The number of hydrazine groups is 2. The molecule has 0 saturated heterocycles. The highest BCUT2D eigenvalue weighted by Gasteiger charge is 2.26. The van der Waals surface area contributed by atoms with Gasteiger partial charge in [-0.25, -0.2) is 8.78 Å². The third-order valence-corrected chi connectivity index (χ3v) is 3.77. The summed E-state index contributed by atoms with van der Waals surface area (Å²) in [7, 11) is 0. The van der Waals surface area contributed by atoms with Gasteiger partial charge in [-0.1, -0.05) is 30.3 Å². The molecule has 0 radical (unpaired) electrons. The van der Waals surface area contributed by atoms with Crippen LogP contribution in [0.1, 0.15) is 5.56 Å². The number of hydrogen-bond acceptors (Lipinski definition) is 4. The molecule has 0 saturated carbocycles. The molecule has 0 aliphatic carbocycles. The van der Waals surface area contributed by atoms with E-state index >= 15 is 0 Å². The van der Waals surface area contributed by atoms with E-state index in [0.717, 1.165) is 5.56 Å². The zero-order valence-electron chi connectivity index (χ0n) is 13.1. The summed E-state index contributed by atoms with van der Waals surface area (Å²) < 4.78 is 26.5. The molecule has 4 nitrogen and oxygen atoms in total. The molecule has 124 valence electrons. The fraction of sp³-hybridized carbons (Fsp3) is 0. The van der Waals surface area contributed by atoms with Crippen LogP contribution in [0.5, 0.6) is 0 Å². The first-order valence-electron chi connectivity index (χ1n) is 7.73. The van der Waals surface area contributed by atoms with Crippen molar-refractivity contribution in [3.8, 4) is 0 Å². The van der Waals surface area contributed by atoms with Crippen LogP contribution >= 0.6 is 0 Å². The average molecular weight is 336 g/mol. The lowest BCUT2D eigenvalue weighted by Gasteiger charge is -2.27. The smallest absolute Gasteiger partial charge is 0.176 e. The van der Waals surface area contributed by atoms with Gasteiger partial charge in [0.25, 0.3) is 0 Å². The van der Waals surface area contributed by atoms with E-state index in [1.54, 1.807) is 34.5 Å². The third-order valence-electron chi connectivity index (χ3n) is 3.77. The summed E-state index contributed by atoms with van der Waals surface area (Å²) in [5.41, 5.74) is 5.47. The Balaban J connectivity index is 1.74. The summed E-state index contributed by atoms with van der Waals surface area (Å²) in [6, 6.07) is 21.7. The minimum absolute atomic E-state index is 0.319. The number of hydrogen-bond donors (Lipinski definition) is 1. The van der Waals surface area contributed by atoms with Gasteiger partial charge in [-0.05, 0) is 48.5 Å². The van der Waals surface area contributed by atoms with Crippen LogP contribution in [0.25, 0.3) is 0 Å². The van der Waals surface area contributed by atoms with Gasteiger partial charge in [0.1, 0.15) is 11.6 Å². The lowest BCUT2D eigenvalue weighted by atomic mass is 10.2. The Hall–Kier alpha value is -3.41. The van der Waals surface area contributed by atoms with E-state index in [1.807, 2.05) is 30.3 Å². The molecule has 1 heterocycles. The van der Waals surface area contributed by atoms with E-state index in [9.17, 15) is 8.78 Å². The summed E-state index contributed by atoms with van der Waals surface area (Å²) in [6.07, 6.45) is 0. The van der Waals surface area contributed by atoms with E-state index in [-0.39, 0.29) is 11.6 Å². The fourth-order valence-electron chi connectivity index (χ4n) is 2.53. The van der Waals surface area contributed by atoms with E-state index in [0.29, 0.717) is 17.2 Å². The highest BCUT2D eigenvalue weighted by atomic mass is 19.1. The number of rotatable bonds is 3. The van der Waals surface area contributed by atoms with Gasteiger partial charge in [0.2, 0.25) is 0 Å². The van der Waals surface area contributed by atoms with E-state index < -0.39 is 0 Å². The van der Waals surface area contributed by atoms with Crippen molar-refractivity contribution >= 4 is 17.2 Å². The second-order valence-corrected chi connectivity index (χ2v) is 5.48. The molecule has 4 rings (SSSR count). The minimum Gasteiger partial charge on any atom is -0.259 e. The molecule has 0 fully saturated rings. The van der Waals surface area contributed by atoms with Crippen LogP contribution in [0.2, 0.25) is 0 Å². The summed E-state index contributed by atoms with van der Waals surface area (Å²) >= 11 is 0. The molecule has 3 aromatic rings. The number of benzene rings is 3. The SMILES string of the molecule is Fc1ccc(N2N=C(c3ccccc3)NN2c2ccc(F)cc2)cc1. The first-order chi connectivity index (χ1) is 12.2. The molecule has 0 bridgehead atoms. The first kappa shape index (κ1) is 15.1. The standard InChI is InChI=1S/C19H14F2N4/c20-15-6-10-17(11-7-15)24-22-19(14-4-2-1-3-5-14)23-25(24)18-12-8-16(21)9-13-18/h1-13H,(H,22,23). The summed E-state index contributed by atoms with van der Waals surface area (Å²) in [6.45, 7) is 0. The Bertz CT molecular complexity index is 893.